The van der Waals surface area contributed by atoms with Crippen molar-refractivity contribution in [1.82, 2.24) is 4.98 Å². The number of ketones is 2. The van der Waals surface area contributed by atoms with Crippen LogP contribution >= 0.6 is 11.8 Å². The highest BCUT2D eigenvalue weighted by atomic mass is 32.2. The lowest BCUT2D eigenvalue weighted by Crippen LogP contribution is -2.32. The van der Waals surface area contributed by atoms with Crippen LogP contribution in [0.3, 0.4) is 0 Å². The fourth-order valence-electron chi connectivity index (χ4n) is 7.66. The number of pyridine rings is 1. The van der Waals surface area contributed by atoms with E-state index >= 15 is 0 Å². The summed E-state index contributed by atoms with van der Waals surface area (Å²) in [5.41, 5.74) is 5.02. The number of carboxylic acids is 2. The molecule has 14 nitrogen and oxygen atoms in total. The van der Waals surface area contributed by atoms with Gasteiger partial charge in [-0.3, -0.25) is 9.59 Å². The van der Waals surface area contributed by atoms with E-state index in [4.69, 9.17) is 24.2 Å². The number of thioether (sulfide) groups is 1. The van der Waals surface area contributed by atoms with E-state index in [2.05, 4.69) is 21.7 Å². The smallest absolute Gasteiger partial charge is 0.326 e. The van der Waals surface area contributed by atoms with Gasteiger partial charge in [0.15, 0.2) is 11.6 Å². The summed E-state index contributed by atoms with van der Waals surface area (Å²) in [5.74, 6) is 0.845. The van der Waals surface area contributed by atoms with E-state index in [1.807, 2.05) is 60.7 Å². The fourth-order valence-corrected chi connectivity index (χ4v) is 8.37. The lowest BCUT2D eigenvalue weighted by molar-refractivity contribution is -0.138. The number of nitrogens with one attached hydrogen (secondary N) is 2. The Morgan fingerprint density at radius 2 is 1.00 bits per heavy atom. The quantitative estimate of drug-likeness (QED) is 0.0239. The molecule has 2 atom stereocenters. The molecule has 0 fully saturated rings. The van der Waals surface area contributed by atoms with Crippen molar-refractivity contribution in [2.75, 3.05) is 43.3 Å². The molecule has 1 aromatic heterocycles. The SMILES string of the molecule is COc1cccc(SCCOc2ccc(CC(Nc3ccccc3C(=O)c3ccccc3)C(=O)O)cc2)n1.N#Cc1cccc(OCCOc2ccc(CC(Nc3ccccc3C(=O)c3ccccc3)C(=O)O)cc2)c1. The molecule has 2 unspecified atom stereocenters. The van der Waals surface area contributed by atoms with Crippen LogP contribution in [0.25, 0.3) is 0 Å². The van der Waals surface area contributed by atoms with Crippen LogP contribution in [0.15, 0.2) is 205 Å². The Morgan fingerprint density at radius 1 is 0.539 bits per heavy atom. The zero-order chi connectivity index (χ0) is 53.5. The summed E-state index contributed by atoms with van der Waals surface area (Å²) < 4.78 is 22.3. The first-order valence-corrected chi connectivity index (χ1v) is 25.1. The molecule has 8 aromatic rings. The molecule has 8 rings (SSSR count). The Bertz CT molecular complexity index is 3230. The van der Waals surface area contributed by atoms with Crippen molar-refractivity contribution in [1.29, 1.82) is 5.26 Å². The van der Waals surface area contributed by atoms with Crippen LogP contribution in [-0.4, -0.2) is 83.5 Å². The zero-order valence-electron chi connectivity index (χ0n) is 41.4. The van der Waals surface area contributed by atoms with Crippen LogP contribution in [0.2, 0.25) is 0 Å². The van der Waals surface area contributed by atoms with Crippen LogP contribution in [0.5, 0.6) is 23.1 Å². The molecule has 76 heavy (non-hydrogen) atoms. The number of anilines is 2. The molecule has 0 spiro atoms. The van der Waals surface area contributed by atoms with Gasteiger partial charge in [-0.1, -0.05) is 121 Å². The summed E-state index contributed by atoms with van der Waals surface area (Å²) in [6, 6.07) is 59.0. The van der Waals surface area contributed by atoms with E-state index in [1.54, 1.807) is 158 Å². The minimum absolute atomic E-state index is 0.167. The first-order valence-electron chi connectivity index (χ1n) is 24.1. The third-order valence-corrected chi connectivity index (χ3v) is 12.4. The molecule has 0 aliphatic heterocycles. The Labute approximate surface area is 444 Å². The molecule has 1 heterocycles. The summed E-state index contributed by atoms with van der Waals surface area (Å²) in [6.07, 6.45) is 0.447. The number of para-hydroxylation sites is 2. The van der Waals surface area contributed by atoms with Gasteiger partial charge >= 0.3 is 11.9 Å². The van der Waals surface area contributed by atoms with E-state index in [0.29, 0.717) is 87.9 Å². The highest BCUT2D eigenvalue weighted by molar-refractivity contribution is 7.99. The minimum Gasteiger partial charge on any atom is -0.493 e. The number of benzene rings is 7. The monoisotopic (exact) mass is 1030 g/mol. The first-order chi connectivity index (χ1) is 37.1. The zero-order valence-corrected chi connectivity index (χ0v) is 42.2. The number of ether oxygens (including phenoxy) is 4. The second-order valence-electron chi connectivity index (χ2n) is 16.8. The average Bonchev–Trinajstić information content (AvgIpc) is 3.46. The summed E-state index contributed by atoms with van der Waals surface area (Å²) in [4.78, 5) is 54.5. The normalized spacial score (nSPS) is 11.3. The van der Waals surface area contributed by atoms with Crippen molar-refractivity contribution in [3.8, 4) is 29.2 Å². The number of hydrogen-bond acceptors (Lipinski definition) is 13. The van der Waals surface area contributed by atoms with Gasteiger partial charge in [0.1, 0.15) is 47.6 Å². The van der Waals surface area contributed by atoms with Gasteiger partial charge in [0.2, 0.25) is 5.88 Å². The van der Waals surface area contributed by atoms with Crippen LogP contribution < -0.4 is 29.6 Å². The number of carboxylic acid groups (broad SMARTS) is 2. The standard InChI is InChI=1S/C31H26N2O5.C30H28N2O5S/c32-21-23-7-6-10-26(19-23)38-18-17-37-25-15-13-22(14-16-25)20-29(31(35)36)33-28-12-5-4-11-27(28)30(34)24-8-2-1-3-9-24;1-36-27-12-7-13-28(32-27)38-19-18-37-23-16-14-21(15-17-23)20-26(30(34)35)31-25-11-6-5-10-24(25)29(33)22-8-3-2-4-9-22/h1-16,19,29,33H,17-18,20H2,(H,35,36);2-17,26,31H,18-20H2,1H3,(H,34,35). The van der Waals surface area contributed by atoms with Crippen molar-refractivity contribution in [2.24, 2.45) is 0 Å². The van der Waals surface area contributed by atoms with E-state index in [9.17, 15) is 29.4 Å². The highest BCUT2D eigenvalue weighted by Gasteiger charge is 2.23. The molecule has 4 N–H and O–H groups in total. The Balaban J connectivity index is 0.000000221. The van der Waals surface area contributed by atoms with Gasteiger partial charge < -0.3 is 39.8 Å². The molecule has 0 aliphatic carbocycles. The molecule has 0 radical (unpaired) electrons. The third kappa shape index (κ3) is 16.3. The predicted octanol–water partition coefficient (Wildman–Crippen LogP) is 11.0. The van der Waals surface area contributed by atoms with Crippen LogP contribution in [0.4, 0.5) is 11.4 Å². The second kappa shape index (κ2) is 28.2. The molecular weight excluding hydrogens is 981 g/mol. The Kier molecular flexibility index (Phi) is 20.2. The van der Waals surface area contributed by atoms with E-state index in [-0.39, 0.29) is 24.4 Å². The summed E-state index contributed by atoms with van der Waals surface area (Å²) in [5, 5.41) is 35.7. The maximum Gasteiger partial charge on any atom is 0.326 e. The molecule has 0 aliphatic rings. The predicted molar refractivity (Wildman–Crippen MR) is 292 cm³/mol. The van der Waals surface area contributed by atoms with Crippen molar-refractivity contribution in [3.05, 3.63) is 239 Å². The summed E-state index contributed by atoms with van der Waals surface area (Å²) in [7, 11) is 1.59. The Morgan fingerprint density at radius 3 is 1.49 bits per heavy atom. The molecule has 384 valence electrons. The molecule has 0 saturated carbocycles. The van der Waals surface area contributed by atoms with Gasteiger partial charge in [0, 0.05) is 58.3 Å². The lowest BCUT2D eigenvalue weighted by atomic mass is 10.00. The van der Waals surface area contributed by atoms with Gasteiger partial charge in [-0.25, -0.2) is 14.6 Å². The molecule has 15 heteroatoms. The maximum atomic E-state index is 13.0. The molecule has 7 aromatic carbocycles. The topological polar surface area (TPSA) is 206 Å². The number of aromatic nitrogens is 1. The second-order valence-corrected chi connectivity index (χ2v) is 17.9. The average molecular weight is 1040 g/mol. The number of hydrogen-bond donors (Lipinski definition) is 4. The van der Waals surface area contributed by atoms with Gasteiger partial charge in [0.25, 0.3) is 0 Å². The Hall–Kier alpha value is -9.39. The molecule has 0 amide bonds. The summed E-state index contributed by atoms with van der Waals surface area (Å²) in [6.45, 7) is 1.11. The number of carbonyl (C=O) groups excluding carboxylic acids is 2. The van der Waals surface area contributed by atoms with Crippen molar-refractivity contribution in [2.45, 2.75) is 30.0 Å². The van der Waals surface area contributed by atoms with Crippen LogP contribution in [0.1, 0.15) is 48.5 Å². The number of carbonyl (C=O) groups is 4. The van der Waals surface area contributed by atoms with Crippen molar-refractivity contribution >= 4 is 46.6 Å². The third-order valence-electron chi connectivity index (χ3n) is 11.5. The number of methoxy groups -OCH3 is 1. The number of aliphatic carboxylic acids is 2. The van der Waals surface area contributed by atoms with Gasteiger partial charge in [-0.15, -0.1) is 11.8 Å². The van der Waals surface area contributed by atoms with Gasteiger partial charge in [-0.2, -0.15) is 5.26 Å². The lowest BCUT2D eigenvalue weighted by Gasteiger charge is -2.18. The van der Waals surface area contributed by atoms with Crippen molar-refractivity contribution < 1.29 is 48.3 Å². The largest absolute Gasteiger partial charge is 0.493 e. The maximum absolute atomic E-state index is 13.0. The van der Waals surface area contributed by atoms with E-state index < -0.39 is 24.0 Å². The van der Waals surface area contributed by atoms with Crippen molar-refractivity contribution in [3.63, 3.8) is 0 Å². The molecule has 0 saturated heterocycles. The van der Waals surface area contributed by atoms with Crippen LogP contribution in [-0.2, 0) is 22.4 Å². The van der Waals surface area contributed by atoms with E-state index in [1.165, 1.54) is 0 Å². The number of rotatable bonds is 25. The molecular formula is C61H54N4O10S. The highest BCUT2D eigenvalue weighted by Crippen LogP contribution is 2.25. The van der Waals surface area contributed by atoms with E-state index in [0.717, 1.165) is 16.2 Å². The molecule has 0 bridgehead atoms. The van der Waals surface area contributed by atoms with Gasteiger partial charge in [0.05, 0.1) is 25.3 Å². The minimum atomic E-state index is -1.02. The first kappa shape index (κ1) is 54.4. The number of nitriles is 1. The van der Waals surface area contributed by atoms with Gasteiger partial charge in [-0.05, 0) is 83.9 Å². The number of nitrogens with zero attached hydrogens (tertiary/aromatic N) is 2. The summed E-state index contributed by atoms with van der Waals surface area (Å²) >= 11 is 1.57. The fraction of sp³-hybridized carbons (Fsp3) is 0.148. The van der Waals surface area contributed by atoms with Crippen LogP contribution in [0, 0.1) is 11.3 Å².